The summed E-state index contributed by atoms with van der Waals surface area (Å²) in [6, 6.07) is 13.0. The van der Waals surface area contributed by atoms with Crippen LogP contribution in [-0.4, -0.2) is 27.1 Å². The predicted octanol–water partition coefficient (Wildman–Crippen LogP) is 3.58. The molecule has 0 saturated carbocycles. The summed E-state index contributed by atoms with van der Waals surface area (Å²) in [7, 11) is 0. The Hall–Kier alpha value is -3.59. The Kier molecular flexibility index (Phi) is 5.18. The summed E-state index contributed by atoms with van der Waals surface area (Å²) in [5, 5.41) is 19.1. The van der Waals surface area contributed by atoms with E-state index >= 15 is 0 Å². The van der Waals surface area contributed by atoms with Crippen LogP contribution in [0, 0.1) is 0 Å². The number of halogens is 1. The van der Waals surface area contributed by atoms with Crippen LogP contribution in [0.4, 0.5) is 5.82 Å². The number of nitrogen functional groups attached to an aromatic ring is 1. The molecule has 0 atom stereocenters. The number of para-hydroxylation sites is 1. The van der Waals surface area contributed by atoms with Gasteiger partial charge in [0.05, 0.1) is 0 Å². The molecule has 28 heavy (non-hydrogen) atoms. The molecule has 0 aliphatic rings. The number of carboxylic acid groups (broad SMARTS) is 2. The molecule has 0 bridgehead atoms. The Balaban J connectivity index is 2.30. The van der Waals surface area contributed by atoms with Crippen molar-refractivity contribution in [2.75, 3.05) is 5.73 Å². The minimum Gasteiger partial charge on any atom is -0.478 e. The molecular formula is C19H13BrN2O6. The molecule has 0 amide bonds. The van der Waals surface area contributed by atoms with Gasteiger partial charge in [-0.3, -0.25) is 4.79 Å². The maximum atomic E-state index is 12.2. The van der Waals surface area contributed by atoms with Crippen molar-refractivity contribution in [1.82, 2.24) is 4.98 Å². The van der Waals surface area contributed by atoms with Crippen molar-refractivity contribution in [3.05, 3.63) is 74.5 Å². The maximum Gasteiger partial charge on any atom is 0.342 e. The molecule has 0 spiro atoms. The van der Waals surface area contributed by atoms with Crippen LogP contribution in [0.15, 0.2) is 57.8 Å². The van der Waals surface area contributed by atoms with Crippen molar-refractivity contribution < 1.29 is 24.5 Å². The van der Waals surface area contributed by atoms with E-state index in [1.807, 2.05) is 0 Å². The lowest BCUT2D eigenvalue weighted by molar-refractivity contribution is 0.0695. The van der Waals surface area contributed by atoms with E-state index in [0.29, 0.717) is 5.75 Å². The van der Waals surface area contributed by atoms with Crippen LogP contribution >= 0.6 is 15.9 Å². The number of aromatic amines is 1. The average molecular weight is 445 g/mol. The van der Waals surface area contributed by atoms with Crippen LogP contribution in [0.25, 0.3) is 11.1 Å². The number of hydrogen-bond donors (Lipinski definition) is 4. The first-order chi connectivity index (χ1) is 13.3. The van der Waals surface area contributed by atoms with E-state index in [2.05, 4.69) is 20.9 Å². The fourth-order valence-electron chi connectivity index (χ4n) is 2.71. The van der Waals surface area contributed by atoms with Gasteiger partial charge in [-0.05, 0) is 30.3 Å². The van der Waals surface area contributed by atoms with Gasteiger partial charge in [-0.15, -0.1) is 0 Å². The highest BCUT2D eigenvalue weighted by molar-refractivity contribution is 9.10. The van der Waals surface area contributed by atoms with E-state index in [0.717, 1.165) is 4.47 Å². The van der Waals surface area contributed by atoms with E-state index in [4.69, 9.17) is 10.5 Å². The zero-order chi connectivity index (χ0) is 20.4. The molecule has 9 heteroatoms. The first kappa shape index (κ1) is 19.2. The summed E-state index contributed by atoms with van der Waals surface area (Å²) in [5.41, 5.74) is 3.19. The first-order valence-corrected chi connectivity index (χ1v) is 8.64. The van der Waals surface area contributed by atoms with E-state index < -0.39 is 34.4 Å². The number of benzene rings is 2. The topological polar surface area (TPSA) is 143 Å². The number of carbonyl (C=O) groups is 2. The highest BCUT2D eigenvalue weighted by atomic mass is 79.9. The van der Waals surface area contributed by atoms with Gasteiger partial charge in [-0.1, -0.05) is 34.1 Å². The predicted molar refractivity (Wildman–Crippen MR) is 105 cm³/mol. The monoisotopic (exact) mass is 444 g/mol. The largest absolute Gasteiger partial charge is 0.478 e. The smallest absolute Gasteiger partial charge is 0.342 e. The molecule has 3 aromatic rings. The van der Waals surface area contributed by atoms with E-state index in [-0.39, 0.29) is 16.9 Å². The van der Waals surface area contributed by atoms with E-state index in [1.165, 1.54) is 12.1 Å². The molecule has 0 fully saturated rings. The molecule has 0 saturated heterocycles. The molecule has 2 aromatic carbocycles. The Morgan fingerprint density at radius 1 is 0.964 bits per heavy atom. The normalized spacial score (nSPS) is 10.5. The number of rotatable bonds is 5. The number of aromatic carboxylic acids is 2. The second kappa shape index (κ2) is 7.57. The van der Waals surface area contributed by atoms with Crippen LogP contribution in [0.3, 0.4) is 0 Å². The van der Waals surface area contributed by atoms with Crippen LogP contribution < -0.4 is 16.0 Å². The van der Waals surface area contributed by atoms with Crippen LogP contribution in [0.5, 0.6) is 11.5 Å². The fraction of sp³-hybridized carbons (Fsp3) is 0. The van der Waals surface area contributed by atoms with E-state index in [1.54, 1.807) is 36.4 Å². The summed E-state index contributed by atoms with van der Waals surface area (Å²) in [4.78, 5) is 37.7. The number of carboxylic acids is 2. The van der Waals surface area contributed by atoms with Crippen molar-refractivity contribution in [1.29, 1.82) is 0 Å². The summed E-state index contributed by atoms with van der Waals surface area (Å²) >= 11 is 3.31. The molecule has 5 N–H and O–H groups in total. The molecule has 1 aromatic heterocycles. The number of anilines is 1. The van der Waals surface area contributed by atoms with Gasteiger partial charge in [0.25, 0.3) is 5.56 Å². The second-order valence-electron chi connectivity index (χ2n) is 5.66. The molecule has 3 rings (SSSR count). The lowest BCUT2D eigenvalue weighted by atomic mass is 9.94. The Labute approximate surface area is 166 Å². The third-order valence-corrected chi connectivity index (χ3v) is 4.40. The SMILES string of the molecule is Nc1[nH]c(=O)c(C(=O)O)c(-c2ccccc2Oc2ccc(Br)cc2)c1C(=O)O. The number of H-pyrrole nitrogens is 1. The quantitative estimate of drug-likeness (QED) is 0.470. The molecular weight excluding hydrogens is 432 g/mol. The van der Waals surface area contributed by atoms with E-state index in [9.17, 15) is 24.6 Å². The van der Waals surface area contributed by atoms with Crippen molar-refractivity contribution in [2.24, 2.45) is 0 Å². The minimum absolute atomic E-state index is 0.109. The molecule has 0 aliphatic heterocycles. The van der Waals surface area contributed by atoms with Crippen molar-refractivity contribution >= 4 is 33.7 Å². The van der Waals surface area contributed by atoms with Gasteiger partial charge in [0, 0.05) is 15.6 Å². The molecule has 0 aliphatic carbocycles. The summed E-state index contributed by atoms with van der Waals surface area (Å²) in [6.07, 6.45) is 0. The fourth-order valence-corrected chi connectivity index (χ4v) is 2.97. The summed E-state index contributed by atoms with van der Waals surface area (Å²) < 4.78 is 6.64. The van der Waals surface area contributed by atoms with Gasteiger partial charge >= 0.3 is 11.9 Å². The Morgan fingerprint density at radius 3 is 2.18 bits per heavy atom. The zero-order valence-corrected chi connectivity index (χ0v) is 15.7. The number of hydrogen-bond acceptors (Lipinski definition) is 5. The Morgan fingerprint density at radius 2 is 1.57 bits per heavy atom. The molecule has 8 nitrogen and oxygen atoms in total. The lowest BCUT2D eigenvalue weighted by Gasteiger charge is -2.16. The third kappa shape index (κ3) is 3.60. The summed E-state index contributed by atoms with van der Waals surface area (Å²) in [5.74, 6) is -2.92. The minimum atomic E-state index is -1.59. The number of nitrogens with one attached hydrogen (secondary N) is 1. The molecule has 142 valence electrons. The number of ether oxygens (including phenoxy) is 1. The van der Waals surface area contributed by atoms with Gasteiger partial charge in [-0.2, -0.15) is 0 Å². The van der Waals surface area contributed by atoms with Crippen LogP contribution in [-0.2, 0) is 0 Å². The highest BCUT2D eigenvalue weighted by Crippen LogP contribution is 2.37. The van der Waals surface area contributed by atoms with Gasteiger partial charge < -0.3 is 25.7 Å². The van der Waals surface area contributed by atoms with Gasteiger partial charge in [0.15, 0.2) is 0 Å². The second-order valence-corrected chi connectivity index (χ2v) is 6.57. The van der Waals surface area contributed by atoms with Crippen molar-refractivity contribution in [3.63, 3.8) is 0 Å². The number of nitrogens with two attached hydrogens (primary N) is 1. The number of aromatic nitrogens is 1. The first-order valence-electron chi connectivity index (χ1n) is 7.84. The molecule has 0 unspecified atom stereocenters. The lowest BCUT2D eigenvalue weighted by Crippen LogP contribution is -2.24. The standard InChI is InChI=1S/C19H13BrN2O6/c20-9-5-7-10(8-6-9)28-12-4-2-1-3-11(12)13-14(18(24)25)16(21)22-17(23)15(13)19(26)27/h1-8H,(H,24,25)(H,26,27)(H3,21,22,23). The third-order valence-electron chi connectivity index (χ3n) is 3.87. The van der Waals surface area contributed by atoms with Crippen molar-refractivity contribution in [2.45, 2.75) is 0 Å². The molecule has 0 radical (unpaired) electrons. The van der Waals surface area contributed by atoms with Crippen LogP contribution in [0.1, 0.15) is 20.7 Å². The molecule has 1 heterocycles. The zero-order valence-electron chi connectivity index (χ0n) is 14.1. The summed E-state index contributed by atoms with van der Waals surface area (Å²) in [6.45, 7) is 0. The maximum absolute atomic E-state index is 12.2. The Bertz CT molecular complexity index is 1140. The van der Waals surface area contributed by atoms with Gasteiger partial charge in [0.2, 0.25) is 0 Å². The van der Waals surface area contributed by atoms with Gasteiger partial charge in [0.1, 0.15) is 28.4 Å². The number of pyridine rings is 1. The van der Waals surface area contributed by atoms with Crippen molar-refractivity contribution in [3.8, 4) is 22.6 Å². The highest BCUT2D eigenvalue weighted by Gasteiger charge is 2.28. The van der Waals surface area contributed by atoms with Crippen LogP contribution in [0.2, 0.25) is 0 Å². The average Bonchev–Trinajstić information content (AvgIpc) is 2.62. The van der Waals surface area contributed by atoms with Gasteiger partial charge in [-0.25, -0.2) is 9.59 Å².